The van der Waals surface area contributed by atoms with E-state index in [1.807, 2.05) is 0 Å². The molecule has 0 amide bonds. The van der Waals surface area contributed by atoms with Crippen molar-refractivity contribution >= 4 is 27.2 Å². The molecule has 0 N–H and O–H groups in total. The van der Waals surface area contributed by atoms with E-state index in [1.54, 1.807) is 24.3 Å². The maximum atomic E-state index is 12.4. The van der Waals surface area contributed by atoms with Gasteiger partial charge in [-0.2, -0.15) is 0 Å². The third-order valence-electron chi connectivity index (χ3n) is 3.71. The number of hydrogen-bond donors (Lipinski definition) is 0. The van der Waals surface area contributed by atoms with Crippen molar-refractivity contribution in [2.24, 2.45) is 5.92 Å². The lowest BCUT2D eigenvalue weighted by Crippen LogP contribution is -2.31. The van der Waals surface area contributed by atoms with E-state index in [2.05, 4.69) is 0 Å². The minimum absolute atomic E-state index is 0.0100. The molecule has 0 saturated heterocycles. The molecule has 1 aliphatic carbocycles. The standard InChI is InChI=1S/C14H17ClO3S/c1-19(17,18)13-7-3-5-11(9-13)14(16)10-4-2-6-12(15)8-10/h2,4,6,8,11,13H,3,5,7,9H2,1H3. The Morgan fingerprint density at radius 1 is 1.32 bits per heavy atom. The van der Waals surface area contributed by atoms with Crippen LogP contribution in [-0.2, 0) is 9.84 Å². The van der Waals surface area contributed by atoms with Gasteiger partial charge in [-0.05, 0) is 31.4 Å². The maximum Gasteiger partial charge on any atom is 0.166 e. The summed E-state index contributed by atoms with van der Waals surface area (Å²) in [6.45, 7) is 0. The highest BCUT2D eigenvalue weighted by molar-refractivity contribution is 7.91. The fraction of sp³-hybridized carbons (Fsp3) is 0.500. The largest absolute Gasteiger partial charge is 0.294 e. The summed E-state index contributed by atoms with van der Waals surface area (Å²) in [6, 6.07) is 6.84. The zero-order chi connectivity index (χ0) is 14.0. The quantitative estimate of drug-likeness (QED) is 0.806. The van der Waals surface area contributed by atoms with Crippen LogP contribution in [0.4, 0.5) is 0 Å². The van der Waals surface area contributed by atoms with E-state index in [0.717, 1.165) is 12.8 Å². The number of rotatable bonds is 3. The molecule has 0 bridgehead atoms. The average molecular weight is 301 g/mol. The Hall–Kier alpha value is -0.870. The minimum atomic E-state index is -3.06. The van der Waals surface area contributed by atoms with Gasteiger partial charge in [0.1, 0.15) is 9.84 Å². The molecule has 2 unspecified atom stereocenters. The fourth-order valence-corrected chi connectivity index (χ4v) is 4.02. The molecule has 0 radical (unpaired) electrons. The highest BCUT2D eigenvalue weighted by Crippen LogP contribution is 2.31. The van der Waals surface area contributed by atoms with Gasteiger partial charge in [0, 0.05) is 22.8 Å². The Labute approximate surface area is 118 Å². The van der Waals surface area contributed by atoms with Gasteiger partial charge in [0.25, 0.3) is 0 Å². The van der Waals surface area contributed by atoms with Gasteiger partial charge in [0.15, 0.2) is 5.78 Å². The molecular weight excluding hydrogens is 284 g/mol. The van der Waals surface area contributed by atoms with Gasteiger partial charge in [-0.25, -0.2) is 8.42 Å². The zero-order valence-corrected chi connectivity index (χ0v) is 12.4. The summed E-state index contributed by atoms with van der Waals surface area (Å²) in [5.41, 5.74) is 0.576. The number of carbonyl (C=O) groups is 1. The van der Waals surface area contributed by atoms with Crippen LogP contribution in [0.3, 0.4) is 0 Å². The first-order valence-electron chi connectivity index (χ1n) is 6.36. The normalized spacial score (nSPS) is 24.1. The molecule has 1 fully saturated rings. The molecule has 1 aromatic rings. The number of Topliss-reactive ketones (excluding diaryl/α,β-unsaturated/α-hetero) is 1. The average Bonchev–Trinajstić information content (AvgIpc) is 2.37. The van der Waals surface area contributed by atoms with Gasteiger partial charge >= 0.3 is 0 Å². The molecule has 0 heterocycles. The van der Waals surface area contributed by atoms with E-state index in [9.17, 15) is 13.2 Å². The monoisotopic (exact) mass is 300 g/mol. The van der Waals surface area contributed by atoms with Gasteiger partial charge in [-0.15, -0.1) is 0 Å². The van der Waals surface area contributed by atoms with Crippen molar-refractivity contribution in [1.82, 2.24) is 0 Å². The summed E-state index contributed by atoms with van der Waals surface area (Å²) >= 11 is 5.88. The molecular formula is C14H17ClO3S. The molecule has 19 heavy (non-hydrogen) atoms. The summed E-state index contributed by atoms with van der Waals surface area (Å²) in [4.78, 5) is 12.4. The minimum Gasteiger partial charge on any atom is -0.294 e. The molecule has 5 heteroatoms. The Bertz CT molecular complexity index is 580. The van der Waals surface area contributed by atoms with Crippen LogP contribution < -0.4 is 0 Å². The van der Waals surface area contributed by atoms with Gasteiger partial charge < -0.3 is 0 Å². The maximum absolute atomic E-state index is 12.4. The third-order valence-corrected chi connectivity index (χ3v) is 5.59. The highest BCUT2D eigenvalue weighted by atomic mass is 35.5. The first-order chi connectivity index (χ1) is 8.88. The number of carbonyl (C=O) groups excluding carboxylic acids is 1. The predicted octanol–water partition coefficient (Wildman–Crippen LogP) is 3.13. The Balaban J connectivity index is 2.16. The second-order valence-corrected chi connectivity index (χ2v) is 7.95. The van der Waals surface area contributed by atoms with Crippen molar-refractivity contribution in [3.63, 3.8) is 0 Å². The summed E-state index contributed by atoms with van der Waals surface area (Å²) in [6.07, 6.45) is 3.90. The van der Waals surface area contributed by atoms with E-state index >= 15 is 0 Å². The van der Waals surface area contributed by atoms with E-state index in [-0.39, 0.29) is 17.0 Å². The first-order valence-corrected chi connectivity index (χ1v) is 8.70. The fourth-order valence-electron chi connectivity index (χ4n) is 2.65. The van der Waals surface area contributed by atoms with Crippen molar-refractivity contribution in [2.45, 2.75) is 30.9 Å². The Morgan fingerprint density at radius 2 is 2.05 bits per heavy atom. The molecule has 2 atom stereocenters. The molecule has 0 aliphatic heterocycles. The number of halogens is 1. The molecule has 1 aliphatic rings. The van der Waals surface area contributed by atoms with Crippen LogP contribution in [0, 0.1) is 5.92 Å². The molecule has 2 rings (SSSR count). The van der Waals surface area contributed by atoms with Gasteiger partial charge in [-0.1, -0.05) is 30.2 Å². The lowest BCUT2D eigenvalue weighted by molar-refractivity contribution is 0.0891. The second kappa shape index (κ2) is 5.63. The van der Waals surface area contributed by atoms with Crippen LogP contribution in [0.2, 0.25) is 5.02 Å². The summed E-state index contributed by atoms with van der Waals surface area (Å²) < 4.78 is 23.2. The molecule has 0 spiro atoms. The van der Waals surface area contributed by atoms with Crippen molar-refractivity contribution in [1.29, 1.82) is 0 Å². The van der Waals surface area contributed by atoms with Crippen molar-refractivity contribution in [2.75, 3.05) is 6.26 Å². The van der Waals surface area contributed by atoms with E-state index in [4.69, 9.17) is 11.6 Å². The molecule has 1 saturated carbocycles. The van der Waals surface area contributed by atoms with E-state index in [1.165, 1.54) is 6.26 Å². The topological polar surface area (TPSA) is 51.2 Å². The second-order valence-electron chi connectivity index (χ2n) is 5.19. The summed E-state index contributed by atoms with van der Waals surface area (Å²) in [5, 5.41) is 0.149. The molecule has 104 valence electrons. The highest BCUT2D eigenvalue weighted by Gasteiger charge is 2.32. The van der Waals surface area contributed by atoms with Gasteiger partial charge in [0.2, 0.25) is 0 Å². The number of benzene rings is 1. The number of sulfone groups is 1. The van der Waals surface area contributed by atoms with Gasteiger partial charge in [-0.3, -0.25) is 4.79 Å². The van der Waals surface area contributed by atoms with Crippen LogP contribution >= 0.6 is 11.6 Å². The number of ketones is 1. The van der Waals surface area contributed by atoms with Crippen LogP contribution in [-0.4, -0.2) is 25.7 Å². The lowest BCUT2D eigenvalue weighted by atomic mass is 9.83. The van der Waals surface area contributed by atoms with Crippen LogP contribution in [0.5, 0.6) is 0 Å². The molecule has 3 nitrogen and oxygen atoms in total. The van der Waals surface area contributed by atoms with Gasteiger partial charge in [0.05, 0.1) is 5.25 Å². The van der Waals surface area contributed by atoms with Crippen molar-refractivity contribution in [3.05, 3.63) is 34.9 Å². The van der Waals surface area contributed by atoms with Crippen molar-refractivity contribution in [3.8, 4) is 0 Å². The van der Waals surface area contributed by atoms with Crippen molar-refractivity contribution < 1.29 is 13.2 Å². The molecule has 1 aromatic carbocycles. The summed E-state index contributed by atoms with van der Waals surface area (Å²) in [5.74, 6) is -0.192. The van der Waals surface area contributed by atoms with E-state index < -0.39 is 9.84 Å². The summed E-state index contributed by atoms with van der Waals surface area (Å²) in [7, 11) is -3.06. The Morgan fingerprint density at radius 3 is 2.68 bits per heavy atom. The van der Waals surface area contributed by atoms with E-state index in [0.29, 0.717) is 23.4 Å². The number of hydrogen-bond acceptors (Lipinski definition) is 3. The Kier molecular flexibility index (Phi) is 4.31. The SMILES string of the molecule is CS(=O)(=O)C1CCCC(C(=O)c2cccc(Cl)c2)C1. The first kappa shape index (κ1) is 14.5. The molecule has 0 aromatic heterocycles. The van der Waals surface area contributed by atoms with Crippen LogP contribution in [0.1, 0.15) is 36.0 Å². The third kappa shape index (κ3) is 3.57. The van der Waals surface area contributed by atoms with Crippen LogP contribution in [0.15, 0.2) is 24.3 Å². The predicted molar refractivity (Wildman–Crippen MR) is 76.4 cm³/mol. The zero-order valence-electron chi connectivity index (χ0n) is 10.8. The smallest absolute Gasteiger partial charge is 0.166 e. The lowest BCUT2D eigenvalue weighted by Gasteiger charge is -2.27. The van der Waals surface area contributed by atoms with Crippen LogP contribution in [0.25, 0.3) is 0 Å².